The molecule has 0 atom stereocenters. The molecule has 2 aromatic rings. The molecule has 2 N–H and O–H groups in total. The Balaban J connectivity index is 1.61. The average Bonchev–Trinajstić information content (AvgIpc) is 2.56. The van der Waals surface area contributed by atoms with Gasteiger partial charge in [0.15, 0.2) is 0 Å². The zero-order valence-electron chi connectivity index (χ0n) is 12.5. The van der Waals surface area contributed by atoms with Crippen LogP contribution in [0.3, 0.4) is 0 Å². The van der Waals surface area contributed by atoms with Gasteiger partial charge in [0, 0.05) is 28.6 Å². The molecular formula is C17H20N2OS2. The fraction of sp³-hybridized carbons (Fsp3) is 0.235. The van der Waals surface area contributed by atoms with Crippen LogP contribution in [0.15, 0.2) is 59.5 Å². The van der Waals surface area contributed by atoms with Crippen LogP contribution < -0.4 is 10.6 Å². The van der Waals surface area contributed by atoms with E-state index in [1.807, 2.05) is 60.5 Å². The van der Waals surface area contributed by atoms with E-state index in [0.29, 0.717) is 6.54 Å². The molecule has 5 heteroatoms. The number of carbonyl (C=O) groups is 1. The molecule has 3 nitrogen and oxygen atoms in total. The maximum atomic E-state index is 11.8. The first-order valence-corrected chi connectivity index (χ1v) is 9.46. The van der Waals surface area contributed by atoms with Crippen molar-refractivity contribution in [3.63, 3.8) is 0 Å². The number of hydrogen-bond donors (Lipinski definition) is 2. The van der Waals surface area contributed by atoms with Gasteiger partial charge in [-0.2, -0.15) is 11.8 Å². The lowest BCUT2D eigenvalue weighted by molar-refractivity contribution is 0.252. The number of nitrogens with one attached hydrogen (secondary N) is 2. The molecule has 0 saturated heterocycles. The minimum absolute atomic E-state index is 0.155. The highest BCUT2D eigenvalue weighted by atomic mass is 32.2. The molecule has 0 saturated carbocycles. The Kier molecular flexibility index (Phi) is 7.19. The molecule has 0 aliphatic carbocycles. The van der Waals surface area contributed by atoms with Crippen LogP contribution >= 0.6 is 23.5 Å². The Bertz CT molecular complexity index is 573. The first-order chi connectivity index (χ1) is 10.8. The lowest BCUT2D eigenvalue weighted by Gasteiger charge is -2.08. The highest BCUT2D eigenvalue weighted by Crippen LogP contribution is 2.17. The van der Waals surface area contributed by atoms with Crippen LogP contribution in [0.25, 0.3) is 0 Å². The van der Waals surface area contributed by atoms with Crippen molar-refractivity contribution in [2.75, 3.05) is 23.9 Å². The van der Waals surface area contributed by atoms with E-state index in [-0.39, 0.29) is 6.03 Å². The zero-order chi connectivity index (χ0) is 15.6. The van der Waals surface area contributed by atoms with Crippen LogP contribution in [0.2, 0.25) is 0 Å². The third-order valence-electron chi connectivity index (χ3n) is 2.99. The van der Waals surface area contributed by atoms with Gasteiger partial charge in [-0.15, -0.1) is 11.8 Å². The summed E-state index contributed by atoms with van der Waals surface area (Å²) in [5.41, 5.74) is 2.12. The molecule has 0 aromatic heterocycles. The maximum absolute atomic E-state index is 11.8. The summed E-state index contributed by atoms with van der Waals surface area (Å²) in [6, 6.07) is 18.0. The monoisotopic (exact) mass is 332 g/mol. The summed E-state index contributed by atoms with van der Waals surface area (Å²) < 4.78 is 0. The molecular weight excluding hydrogens is 312 g/mol. The van der Waals surface area contributed by atoms with E-state index in [0.717, 1.165) is 17.2 Å². The normalized spacial score (nSPS) is 10.2. The second kappa shape index (κ2) is 9.43. The number of carbonyl (C=O) groups excluding carboxylic acids is 1. The Hall–Kier alpha value is -1.59. The van der Waals surface area contributed by atoms with Gasteiger partial charge in [-0.25, -0.2) is 4.79 Å². The van der Waals surface area contributed by atoms with Crippen LogP contribution in [0.4, 0.5) is 10.5 Å². The van der Waals surface area contributed by atoms with Crippen LogP contribution in [-0.4, -0.2) is 24.6 Å². The Morgan fingerprint density at radius 3 is 2.45 bits per heavy atom. The van der Waals surface area contributed by atoms with Crippen molar-refractivity contribution < 1.29 is 4.79 Å². The minimum atomic E-state index is -0.155. The molecule has 0 unspecified atom stereocenters. The summed E-state index contributed by atoms with van der Waals surface area (Å²) in [5.74, 6) is 1.87. The van der Waals surface area contributed by atoms with Crippen molar-refractivity contribution in [2.45, 2.75) is 10.6 Å². The number of thioether (sulfide) groups is 2. The predicted octanol–water partition coefficient (Wildman–Crippen LogP) is 4.46. The van der Waals surface area contributed by atoms with Gasteiger partial charge in [0.05, 0.1) is 0 Å². The minimum Gasteiger partial charge on any atom is -0.337 e. The third kappa shape index (κ3) is 6.03. The summed E-state index contributed by atoms with van der Waals surface area (Å²) in [4.78, 5) is 12.9. The summed E-state index contributed by atoms with van der Waals surface area (Å²) in [5, 5.41) is 5.70. The van der Waals surface area contributed by atoms with Gasteiger partial charge >= 0.3 is 6.03 Å². The van der Waals surface area contributed by atoms with E-state index in [1.165, 1.54) is 10.5 Å². The Morgan fingerprint density at radius 2 is 1.77 bits per heavy atom. The molecule has 22 heavy (non-hydrogen) atoms. The van der Waals surface area contributed by atoms with E-state index >= 15 is 0 Å². The number of anilines is 1. The molecule has 0 aliphatic heterocycles. The molecule has 0 fully saturated rings. The van der Waals surface area contributed by atoms with E-state index in [1.54, 1.807) is 11.8 Å². The van der Waals surface area contributed by atoms with Crippen molar-refractivity contribution >= 4 is 35.2 Å². The van der Waals surface area contributed by atoms with Crippen molar-refractivity contribution in [1.82, 2.24) is 5.32 Å². The number of rotatable bonds is 7. The van der Waals surface area contributed by atoms with E-state index in [9.17, 15) is 4.79 Å². The highest BCUT2D eigenvalue weighted by molar-refractivity contribution is 7.98. The number of benzene rings is 2. The molecule has 0 spiro atoms. The van der Waals surface area contributed by atoms with E-state index < -0.39 is 0 Å². The van der Waals surface area contributed by atoms with Crippen LogP contribution in [0.1, 0.15) is 5.56 Å². The van der Waals surface area contributed by atoms with Crippen LogP contribution in [-0.2, 0) is 5.75 Å². The lowest BCUT2D eigenvalue weighted by atomic mass is 10.2. The van der Waals surface area contributed by atoms with Gasteiger partial charge in [-0.1, -0.05) is 30.3 Å². The Morgan fingerprint density at radius 1 is 1.05 bits per heavy atom. The second-order valence-corrected chi connectivity index (χ2v) is 6.63. The second-order valence-electron chi connectivity index (χ2n) is 4.65. The number of amides is 2. The fourth-order valence-corrected chi connectivity index (χ4v) is 3.08. The fourth-order valence-electron chi connectivity index (χ4n) is 1.85. The van der Waals surface area contributed by atoms with Crippen LogP contribution in [0, 0.1) is 0 Å². The van der Waals surface area contributed by atoms with Crippen LogP contribution in [0.5, 0.6) is 0 Å². The zero-order valence-corrected chi connectivity index (χ0v) is 14.2. The van der Waals surface area contributed by atoms with Gasteiger partial charge in [0.1, 0.15) is 0 Å². The molecule has 116 valence electrons. The molecule has 2 rings (SSSR count). The molecule has 2 amide bonds. The largest absolute Gasteiger partial charge is 0.337 e. The maximum Gasteiger partial charge on any atom is 0.319 e. The predicted molar refractivity (Wildman–Crippen MR) is 97.8 cm³/mol. The quantitative estimate of drug-likeness (QED) is 0.581. The van der Waals surface area contributed by atoms with Gasteiger partial charge in [0.2, 0.25) is 0 Å². The number of urea groups is 1. The standard InChI is InChI=1S/C17H20N2OS2/c1-21-16-9-7-15(8-10-16)19-17(20)18-11-12-22-13-14-5-3-2-4-6-14/h2-10H,11-13H2,1H3,(H2,18,19,20). The lowest BCUT2D eigenvalue weighted by Crippen LogP contribution is -2.30. The number of hydrogen-bond acceptors (Lipinski definition) is 3. The van der Waals surface area contributed by atoms with Crippen molar-refractivity contribution in [1.29, 1.82) is 0 Å². The molecule has 0 aliphatic rings. The van der Waals surface area contributed by atoms with Gasteiger partial charge < -0.3 is 10.6 Å². The Labute approximate surface area is 140 Å². The van der Waals surface area contributed by atoms with Gasteiger partial charge in [-0.05, 0) is 36.1 Å². The summed E-state index contributed by atoms with van der Waals surface area (Å²) in [6.07, 6.45) is 2.03. The molecule has 2 aromatic carbocycles. The molecule has 0 bridgehead atoms. The highest BCUT2D eigenvalue weighted by Gasteiger charge is 2.01. The smallest absolute Gasteiger partial charge is 0.319 e. The van der Waals surface area contributed by atoms with Crippen molar-refractivity contribution in [2.24, 2.45) is 0 Å². The van der Waals surface area contributed by atoms with Crippen molar-refractivity contribution in [3.8, 4) is 0 Å². The molecule has 0 heterocycles. The van der Waals surface area contributed by atoms with Gasteiger partial charge in [-0.3, -0.25) is 0 Å². The SMILES string of the molecule is CSc1ccc(NC(=O)NCCSCc2ccccc2)cc1. The third-order valence-corrected chi connectivity index (χ3v) is 4.77. The summed E-state index contributed by atoms with van der Waals surface area (Å²) in [6.45, 7) is 0.659. The van der Waals surface area contributed by atoms with Gasteiger partial charge in [0.25, 0.3) is 0 Å². The average molecular weight is 332 g/mol. The topological polar surface area (TPSA) is 41.1 Å². The first-order valence-electron chi connectivity index (χ1n) is 7.08. The molecule has 0 radical (unpaired) electrons. The van der Waals surface area contributed by atoms with Crippen molar-refractivity contribution in [3.05, 3.63) is 60.2 Å². The first kappa shape index (κ1) is 16.8. The van der Waals surface area contributed by atoms with E-state index in [2.05, 4.69) is 22.8 Å². The summed E-state index contributed by atoms with van der Waals surface area (Å²) in [7, 11) is 0. The van der Waals surface area contributed by atoms with E-state index in [4.69, 9.17) is 0 Å². The summed E-state index contributed by atoms with van der Waals surface area (Å²) >= 11 is 3.50.